The molecule has 6 nitrogen and oxygen atoms in total. The number of anilines is 1. The van der Waals surface area contributed by atoms with Gasteiger partial charge in [0.2, 0.25) is 12.3 Å². The van der Waals surface area contributed by atoms with Crippen molar-refractivity contribution in [1.82, 2.24) is 20.0 Å². The largest absolute Gasteiger partial charge is 0.423 e. The first kappa shape index (κ1) is 13.4. The highest BCUT2D eigenvalue weighted by atomic mass is 16.4. The summed E-state index contributed by atoms with van der Waals surface area (Å²) in [6.07, 6.45) is 3.37. The highest BCUT2D eigenvalue weighted by Gasteiger charge is 2.07. The van der Waals surface area contributed by atoms with Gasteiger partial charge in [0.15, 0.2) is 0 Å². The highest BCUT2D eigenvalue weighted by molar-refractivity contribution is 5.62. The van der Waals surface area contributed by atoms with E-state index in [-0.39, 0.29) is 0 Å². The molecule has 0 radical (unpaired) electrons. The van der Waals surface area contributed by atoms with Gasteiger partial charge in [-0.15, -0.1) is 10.2 Å². The summed E-state index contributed by atoms with van der Waals surface area (Å²) in [6, 6.07) is 6.03. The zero-order chi connectivity index (χ0) is 14.8. The van der Waals surface area contributed by atoms with Gasteiger partial charge in [-0.1, -0.05) is 0 Å². The lowest BCUT2D eigenvalue weighted by Crippen LogP contribution is -2.01. The Morgan fingerprint density at radius 1 is 1.29 bits per heavy atom. The fraction of sp³-hybridized carbons (Fsp3) is 0.267. The predicted molar refractivity (Wildman–Crippen MR) is 79.7 cm³/mol. The van der Waals surface area contributed by atoms with Gasteiger partial charge < -0.3 is 9.73 Å². The van der Waals surface area contributed by atoms with Crippen LogP contribution in [0.1, 0.15) is 16.8 Å². The van der Waals surface area contributed by atoms with Crippen LogP contribution in [0.4, 0.5) is 5.69 Å². The molecule has 0 atom stereocenters. The zero-order valence-corrected chi connectivity index (χ0v) is 12.3. The van der Waals surface area contributed by atoms with Crippen molar-refractivity contribution in [3.8, 4) is 11.5 Å². The van der Waals surface area contributed by atoms with Crippen LogP contribution in [0.2, 0.25) is 0 Å². The van der Waals surface area contributed by atoms with E-state index >= 15 is 0 Å². The van der Waals surface area contributed by atoms with Gasteiger partial charge in [-0.25, -0.2) is 0 Å². The van der Waals surface area contributed by atoms with E-state index in [0.717, 1.165) is 29.1 Å². The quantitative estimate of drug-likeness (QED) is 0.797. The van der Waals surface area contributed by atoms with E-state index in [2.05, 4.69) is 27.5 Å². The number of hydrogen-bond donors (Lipinski definition) is 1. The van der Waals surface area contributed by atoms with Crippen molar-refractivity contribution in [3.05, 3.63) is 47.6 Å². The second-order valence-electron chi connectivity index (χ2n) is 5.04. The van der Waals surface area contributed by atoms with Crippen LogP contribution < -0.4 is 5.32 Å². The second kappa shape index (κ2) is 5.40. The van der Waals surface area contributed by atoms with Gasteiger partial charge in [0.1, 0.15) is 0 Å². The summed E-state index contributed by atoms with van der Waals surface area (Å²) in [7, 11) is 1.93. The van der Waals surface area contributed by atoms with Gasteiger partial charge in [-0.05, 0) is 37.6 Å². The number of benzene rings is 1. The second-order valence-corrected chi connectivity index (χ2v) is 5.04. The molecule has 0 bridgehead atoms. The molecule has 21 heavy (non-hydrogen) atoms. The average Bonchev–Trinajstić information content (AvgIpc) is 3.07. The number of aromatic nitrogens is 4. The predicted octanol–water partition coefficient (Wildman–Crippen LogP) is 2.70. The van der Waals surface area contributed by atoms with Crippen molar-refractivity contribution >= 4 is 5.69 Å². The molecule has 0 aliphatic rings. The van der Waals surface area contributed by atoms with Gasteiger partial charge in [-0.3, -0.25) is 4.68 Å². The van der Waals surface area contributed by atoms with E-state index < -0.39 is 0 Å². The van der Waals surface area contributed by atoms with Crippen molar-refractivity contribution < 1.29 is 4.42 Å². The third-order valence-electron chi connectivity index (χ3n) is 3.42. The Morgan fingerprint density at radius 2 is 2.14 bits per heavy atom. The van der Waals surface area contributed by atoms with Crippen LogP contribution in [-0.2, 0) is 13.6 Å². The molecule has 0 unspecified atom stereocenters. The summed E-state index contributed by atoms with van der Waals surface area (Å²) in [5, 5.41) is 15.4. The summed E-state index contributed by atoms with van der Waals surface area (Å²) in [5.74, 6) is 0.535. The molecule has 0 spiro atoms. The summed E-state index contributed by atoms with van der Waals surface area (Å²) < 4.78 is 7.04. The van der Waals surface area contributed by atoms with Gasteiger partial charge >= 0.3 is 0 Å². The molecule has 0 fully saturated rings. The molecule has 2 aromatic heterocycles. The molecule has 0 saturated heterocycles. The maximum absolute atomic E-state index is 5.21. The smallest absolute Gasteiger partial charge is 0.247 e. The number of hydrogen-bond acceptors (Lipinski definition) is 5. The molecule has 108 valence electrons. The number of rotatable bonds is 4. The Balaban J connectivity index is 1.76. The normalized spacial score (nSPS) is 10.8. The Hall–Kier alpha value is -2.63. The molecule has 0 aliphatic heterocycles. The van der Waals surface area contributed by atoms with E-state index in [0.29, 0.717) is 5.89 Å². The van der Waals surface area contributed by atoms with Gasteiger partial charge in [0, 0.05) is 36.6 Å². The maximum atomic E-state index is 5.21. The van der Waals surface area contributed by atoms with Crippen LogP contribution >= 0.6 is 0 Å². The minimum Gasteiger partial charge on any atom is -0.423 e. The molecule has 6 heteroatoms. The summed E-state index contributed by atoms with van der Waals surface area (Å²) >= 11 is 0. The van der Waals surface area contributed by atoms with Gasteiger partial charge in [-0.2, -0.15) is 5.10 Å². The molecular formula is C15H17N5O. The third kappa shape index (κ3) is 2.79. The lowest BCUT2D eigenvalue weighted by Gasteiger charge is -2.09. The van der Waals surface area contributed by atoms with Gasteiger partial charge in [0.25, 0.3) is 0 Å². The fourth-order valence-electron chi connectivity index (χ4n) is 2.31. The van der Waals surface area contributed by atoms with Crippen LogP contribution in [0, 0.1) is 13.8 Å². The lowest BCUT2D eigenvalue weighted by molar-refractivity contribution is 0.568. The number of nitrogens with one attached hydrogen (secondary N) is 1. The Morgan fingerprint density at radius 3 is 2.76 bits per heavy atom. The van der Waals surface area contributed by atoms with Crippen LogP contribution in [0.3, 0.4) is 0 Å². The first-order valence-corrected chi connectivity index (χ1v) is 6.73. The van der Waals surface area contributed by atoms with Gasteiger partial charge in [0.05, 0.1) is 5.69 Å². The van der Waals surface area contributed by atoms with Crippen molar-refractivity contribution in [1.29, 1.82) is 0 Å². The van der Waals surface area contributed by atoms with E-state index in [4.69, 9.17) is 4.42 Å². The Bertz CT molecular complexity index is 746. The van der Waals surface area contributed by atoms with Crippen molar-refractivity contribution in [2.45, 2.75) is 20.4 Å². The Kier molecular flexibility index (Phi) is 3.43. The van der Waals surface area contributed by atoms with E-state index in [9.17, 15) is 0 Å². The Labute approximate surface area is 122 Å². The molecule has 3 rings (SSSR count). The first-order valence-electron chi connectivity index (χ1n) is 6.73. The lowest BCUT2D eigenvalue weighted by atomic mass is 10.1. The standard InChI is InChI=1S/C15H17N5O/c1-10-6-12(15-18-17-9-21-15)4-5-14(10)16-7-13-8-20(3)19-11(13)2/h4-6,8-9,16H,7H2,1-3H3. The molecule has 0 saturated carbocycles. The van der Waals surface area contributed by atoms with E-state index in [1.807, 2.05) is 43.0 Å². The van der Waals surface area contributed by atoms with Crippen LogP contribution in [0.15, 0.2) is 35.2 Å². The van der Waals surface area contributed by atoms with E-state index in [1.165, 1.54) is 12.0 Å². The topological polar surface area (TPSA) is 68.8 Å². The van der Waals surface area contributed by atoms with Crippen LogP contribution in [-0.4, -0.2) is 20.0 Å². The molecule has 1 aromatic carbocycles. The molecule has 1 N–H and O–H groups in total. The number of aryl methyl sites for hydroxylation is 3. The van der Waals surface area contributed by atoms with Crippen LogP contribution in [0.5, 0.6) is 0 Å². The first-order chi connectivity index (χ1) is 10.1. The number of nitrogens with zero attached hydrogens (tertiary/aromatic N) is 4. The SMILES string of the molecule is Cc1cc(-c2nnco2)ccc1NCc1cn(C)nc1C. The highest BCUT2D eigenvalue weighted by Crippen LogP contribution is 2.23. The third-order valence-corrected chi connectivity index (χ3v) is 3.42. The molecular weight excluding hydrogens is 266 g/mol. The summed E-state index contributed by atoms with van der Waals surface area (Å²) in [6.45, 7) is 4.82. The summed E-state index contributed by atoms with van der Waals surface area (Å²) in [4.78, 5) is 0. The van der Waals surface area contributed by atoms with Crippen molar-refractivity contribution in [3.63, 3.8) is 0 Å². The molecule has 0 aliphatic carbocycles. The molecule has 2 heterocycles. The zero-order valence-electron chi connectivity index (χ0n) is 12.3. The maximum Gasteiger partial charge on any atom is 0.247 e. The van der Waals surface area contributed by atoms with Crippen molar-refractivity contribution in [2.24, 2.45) is 7.05 Å². The minimum atomic E-state index is 0.535. The fourth-order valence-corrected chi connectivity index (χ4v) is 2.31. The molecule has 3 aromatic rings. The van der Waals surface area contributed by atoms with E-state index in [1.54, 1.807) is 0 Å². The summed E-state index contributed by atoms with van der Waals surface area (Å²) in [5.41, 5.74) is 5.38. The average molecular weight is 283 g/mol. The van der Waals surface area contributed by atoms with Crippen LogP contribution in [0.25, 0.3) is 11.5 Å². The minimum absolute atomic E-state index is 0.535. The van der Waals surface area contributed by atoms with Crippen molar-refractivity contribution in [2.75, 3.05) is 5.32 Å². The molecule has 0 amide bonds. The monoisotopic (exact) mass is 283 g/mol.